The molecule has 4 nitrogen and oxygen atoms in total. The SMILES string of the molecule is COc1cc(CO)ccc1C(N)=O. The highest BCUT2D eigenvalue weighted by Gasteiger charge is 2.08. The summed E-state index contributed by atoms with van der Waals surface area (Å²) in [5.74, 6) is -0.152. The van der Waals surface area contributed by atoms with Gasteiger partial charge in [0.15, 0.2) is 0 Å². The lowest BCUT2D eigenvalue weighted by Crippen LogP contribution is -2.12. The molecule has 0 atom stereocenters. The number of ether oxygens (including phenoxy) is 1. The first-order chi connectivity index (χ1) is 6.19. The number of hydrogen-bond acceptors (Lipinski definition) is 3. The molecule has 70 valence electrons. The van der Waals surface area contributed by atoms with Gasteiger partial charge in [0.2, 0.25) is 0 Å². The molecule has 1 aromatic carbocycles. The van der Waals surface area contributed by atoms with Gasteiger partial charge in [-0.05, 0) is 17.7 Å². The standard InChI is InChI=1S/C9H11NO3/c1-13-8-4-6(5-11)2-3-7(8)9(10)12/h2-4,11H,5H2,1H3,(H2,10,12). The van der Waals surface area contributed by atoms with Gasteiger partial charge in [-0.1, -0.05) is 6.07 Å². The van der Waals surface area contributed by atoms with Crippen LogP contribution in [0.3, 0.4) is 0 Å². The second-order valence-electron chi connectivity index (χ2n) is 2.56. The molecular weight excluding hydrogens is 170 g/mol. The van der Waals surface area contributed by atoms with Crippen LogP contribution in [-0.4, -0.2) is 18.1 Å². The van der Waals surface area contributed by atoms with E-state index in [1.165, 1.54) is 13.2 Å². The number of aliphatic hydroxyl groups excluding tert-OH is 1. The Balaban J connectivity index is 3.15. The van der Waals surface area contributed by atoms with E-state index in [-0.39, 0.29) is 6.61 Å². The molecule has 0 saturated heterocycles. The van der Waals surface area contributed by atoms with Crippen LogP contribution in [0, 0.1) is 0 Å². The minimum atomic E-state index is -0.540. The zero-order valence-corrected chi connectivity index (χ0v) is 7.28. The average Bonchev–Trinajstić information content (AvgIpc) is 2.16. The molecule has 1 rings (SSSR count). The number of nitrogens with two attached hydrogens (primary N) is 1. The third-order valence-corrected chi connectivity index (χ3v) is 1.71. The Morgan fingerprint density at radius 1 is 1.62 bits per heavy atom. The summed E-state index contributed by atoms with van der Waals surface area (Å²) in [4.78, 5) is 10.9. The van der Waals surface area contributed by atoms with Crippen LogP contribution < -0.4 is 10.5 Å². The van der Waals surface area contributed by atoms with E-state index >= 15 is 0 Å². The van der Waals surface area contributed by atoms with Gasteiger partial charge in [-0.2, -0.15) is 0 Å². The lowest BCUT2D eigenvalue weighted by atomic mass is 10.1. The minimum Gasteiger partial charge on any atom is -0.496 e. The first kappa shape index (κ1) is 9.54. The molecule has 0 fully saturated rings. The maximum Gasteiger partial charge on any atom is 0.252 e. The van der Waals surface area contributed by atoms with Gasteiger partial charge in [0.05, 0.1) is 19.3 Å². The van der Waals surface area contributed by atoms with Crippen molar-refractivity contribution in [2.24, 2.45) is 5.73 Å². The highest BCUT2D eigenvalue weighted by atomic mass is 16.5. The number of methoxy groups -OCH3 is 1. The third-order valence-electron chi connectivity index (χ3n) is 1.71. The van der Waals surface area contributed by atoms with Crippen molar-refractivity contribution in [3.05, 3.63) is 29.3 Å². The molecule has 0 aliphatic rings. The summed E-state index contributed by atoms with van der Waals surface area (Å²) in [6.07, 6.45) is 0. The van der Waals surface area contributed by atoms with Crippen LogP contribution in [0.5, 0.6) is 5.75 Å². The number of primary amides is 1. The van der Waals surface area contributed by atoms with Crippen molar-refractivity contribution in [1.29, 1.82) is 0 Å². The van der Waals surface area contributed by atoms with Crippen LogP contribution in [0.15, 0.2) is 18.2 Å². The topological polar surface area (TPSA) is 72.6 Å². The van der Waals surface area contributed by atoms with Crippen LogP contribution in [0.4, 0.5) is 0 Å². The normalized spacial score (nSPS) is 9.69. The summed E-state index contributed by atoms with van der Waals surface area (Å²) in [6.45, 7) is -0.0879. The van der Waals surface area contributed by atoms with Gasteiger partial charge >= 0.3 is 0 Å². The van der Waals surface area contributed by atoms with Crippen molar-refractivity contribution in [3.63, 3.8) is 0 Å². The molecule has 0 bridgehead atoms. The largest absolute Gasteiger partial charge is 0.496 e. The molecule has 0 aromatic heterocycles. The number of benzene rings is 1. The summed E-state index contributed by atoms with van der Waals surface area (Å²) in [7, 11) is 1.45. The van der Waals surface area contributed by atoms with E-state index in [4.69, 9.17) is 15.6 Å². The second kappa shape index (κ2) is 3.91. The first-order valence-corrected chi connectivity index (χ1v) is 3.76. The Morgan fingerprint density at radius 2 is 2.31 bits per heavy atom. The number of carbonyl (C=O) groups is 1. The summed E-state index contributed by atoms with van der Waals surface area (Å²) in [5, 5.41) is 8.82. The maximum atomic E-state index is 10.9. The van der Waals surface area contributed by atoms with Crippen LogP contribution in [0.25, 0.3) is 0 Å². The smallest absolute Gasteiger partial charge is 0.252 e. The summed E-state index contributed by atoms with van der Waals surface area (Å²) in [5.41, 5.74) is 6.10. The van der Waals surface area contributed by atoms with Crippen molar-refractivity contribution < 1.29 is 14.6 Å². The molecule has 1 aromatic rings. The van der Waals surface area contributed by atoms with E-state index in [0.717, 1.165) is 0 Å². The Labute approximate surface area is 75.9 Å². The van der Waals surface area contributed by atoms with Crippen molar-refractivity contribution in [1.82, 2.24) is 0 Å². The molecular formula is C9H11NO3. The first-order valence-electron chi connectivity index (χ1n) is 3.76. The van der Waals surface area contributed by atoms with E-state index in [9.17, 15) is 4.79 Å². The molecule has 0 aliphatic heterocycles. The van der Waals surface area contributed by atoms with E-state index < -0.39 is 5.91 Å². The fourth-order valence-electron chi connectivity index (χ4n) is 1.04. The molecule has 0 unspecified atom stereocenters. The van der Waals surface area contributed by atoms with E-state index in [1.54, 1.807) is 12.1 Å². The Kier molecular flexibility index (Phi) is 2.87. The monoisotopic (exact) mass is 181 g/mol. The number of aliphatic hydroxyl groups is 1. The molecule has 0 radical (unpaired) electrons. The molecule has 1 amide bonds. The number of rotatable bonds is 3. The molecule has 4 heteroatoms. The van der Waals surface area contributed by atoms with Crippen molar-refractivity contribution in [2.45, 2.75) is 6.61 Å². The van der Waals surface area contributed by atoms with Gasteiger partial charge in [-0.15, -0.1) is 0 Å². The van der Waals surface area contributed by atoms with Gasteiger partial charge in [-0.25, -0.2) is 0 Å². The zero-order valence-electron chi connectivity index (χ0n) is 7.28. The van der Waals surface area contributed by atoms with Gasteiger partial charge < -0.3 is 15.6 Å². The van der Waals surface area contributed by atoms with E-state index in [2.05, 4.69) is 0 Å². The number of amides is 1. The van der Waals surface area contributed by atoms with Crippen LogP contribution in [-0.2, 0) is 6.61 Å². The second-order valence-corrected chi connectivity index (χ2v) is 2.56. The van der Waals surface area contributed by atoms with Crippen LogP contribution >= 0.6 is 0 Å². The predicted molar refractivity (Wildman–Crippen MR) is 47.4 cm³/mol. The lowest BCUT2D eigenvalue weighted by molar-refractivity contribution is 0.0997. The average molecular weight is 181 g/mol. The van der Waals surface area contributed by atoms with Crippen molar-refractivity contribution >= 4 is 5.91 Å². The summed E-state index contributed by atoms with van der Waals surface area (Å²) in [6, 6.07) is 4.75. The zero-order chi connectivity index (χ0) is 9.84. The third kappa shape index (κ3) is 1.97. The van der Waals surface area contributed by atoms with Crippen molar-refractivity contribution in [2.75, 3.05) is 7.11 Å². The highest BCUT2D eigenvalue weighted by Crippen LogP contribution is 2.19. The predicted octanol–water partition coefficient (Wildman–Crippen LogP) is 0.286. The van der Waals surface area contributed by atoms with Gasteiger partial charge in [0.1, 0.15) is 5.75 Å². The van der Waals surface area contributed by atoms with E-state index in [0.29, 0.717) is 16.9 Å². The Bertz CT molecular complexity index is 323. The number of hydrogen-bond donors (Lipinski definition) is 2. The Morgan fingerprint density at radius 3 is 2.77 bits per heavy atom. The Hall–Kier alpha value is -1.55. The van der Waals surface area contributed by atoms with Crippen LogP contribution in [0.1, 0.15) is 15.9 Å². The van der Waals surface area contributed by atoms with Gasteiger partial charge in [0, 0.05) is 0 Å². The molecule has 0 saturated carbocycles. The minimum absolute atomic E-state index is 0.0879. The van der Waals surface area contributed by atoms with Gasteiger partial charge in [0.25, 0.3) is 5.91 Å². The lowest BCUT2D eigenvalue weighted by Gasteiger charge is -2.06. The van der Waals surface area contributed by atoms with E-state index in [1.807, 2.05) is 0 Å². The molecule has 0 heterocycles. The van der Waals surface area contributed by atoms with Gasteiger partial charge in [-0.3, -0.25) is 4.79 Å². The molecule has 13 heavy (non-hydrogen) atoms. The molecule has 0 aliphatic carbocycles. The quantitative estimate of drug-likeness (QED) is 0.703. The molecule has 0 spiro atoms. The fourth-order valence-corrected chi connectivity index (χ4v) is 1.04. The maximum absolute atomic E-state index is 10.9. The van der Waals surface area contributed by atoms with Crippen molar-refractivity contribution in [3.8, 4) is 5.75 Å². The number of carbonyl (C=O) groups excluding carboxylic acids is 1. The highest BCUT2D eigenvalue weighted by molar-refractivity contribution is 5.95. The molecule has 3 N–H and O–H groups in total. The fraction of sp³-hybridized carbons (Fsp3) is 0.222. The summed E-state index contributed by atoms with van der Waals surface area (Å²) >= 11 is 0. The summed E-state index contributed by atoms with van der Waals surface area (Å²) < 4.78 is 4.94. The van der Waals surface area contributed by atoms with Crippen LogP contribution in [0.2, 0.25) is 0 Å².